The van der Waals surface area contributed by atoms with E-state index in [1.54, 1.807) is 0 Å². The van der Waals surface area contributed by atoms with Crippen molar-refractivity contribution in [1.82, 2.24) is 5.32 Å². The van der Waals surface area contributed by atoms with Crippen LogP contribution in [0, 0.1) is 0 Å². The zero-order valence-electron chi connectivity index (χ0n) is 9.69. The van der Waals surface area contributed by atoms with Crippen molar-refractivity contribution in [1.29, 1.82) is 0 Å². The van der Waals surface area contributed by atoms with Crippen molar-refractivity contribution < 1.29 is 9.53 Å². The van der Waals surface area contributed by atoms with Crippen molar-refractivity contribution >= 4 is 6.09 Å². The van der Waals surface area contributed by atoms with Gasteiger partial charge in [-0.25, -0.2) is 4.79 Å². The molecule has 1 amide bonds. The number of benzene rings is 1. The molecule has 1 aliphatic rings. The molecule has 1 aromatic rings. The fourth-order valence-electron chi connectivity index (χ4n) is 1.75. The summed E-state index contributed by atoms with van der Waals surface area (Å²) in [6.07, 6.45) is -0.344. The van der Waals surface area contributed by atoms with Crippen LogP contribution in [0.4, 0.5) is 4.79 Å². The van der Waals surface area contributed by atoms with E-state index in [2.05, 4.69) is 18.5 Å². The Hall–Kier alpha value is -1.77. The largest absolute Gasteiger partial charge is 0.441 e. The van der Waals surface area contributed by atoms with Gasteiger partial charge in [0.15, 0.2) is 0 Å². The number of carbonyl (C=O) groups is 1. The van der Waals surface area contributed by atoms with Gasteiger partial charge in [-0.1, -0.05) is 30.3 Å². The molecule has 3 heteroatoms. The van der Waals surface area contributed by atoms with Gasteiger partial charge in [0.05, 0.1) is 6.04 Å². The monoisotopic (exact) mass is 219 g/mol. The summed E-state index contributed by atoms with van der Waals surface area (Å²) in [6.45, 7) is 9.81. The van der Waals surface area contributed by atoms with Crippen molar-refractivity contribution in [3.05, 3.63) is 49.1 Å². The van der Waals surface area contributed by atoms with Gasteiger partial charge in [0.25, 0.3) is 0 Å². The van der Waals surface area contributed by atoms with Crippen molar-refractivity contribution in [3.63, 3.8) is 0 Å². The molecular weight excluding hydrogens is 202 g/mol. The van der Waals surface area contributed by atoms with Gasteiger partial charge in [-0.05, 0) is 19.4 Å². The van der Waals surface area contributed by atoms with Gasteiger partial charge in [-0.2, -0.15) is 0 Å². The van der Waals surface area contributed by atoms with E-state index in [-0.39, 0.29) is 12.1 Å². The number of hydrogen-bond donors (Lipinski definition) is 1. The lowest BCUT2D eigenvalue weighted by Gasteiger charge is -2.23. The molecule has 1 fully saturated rings. The lowest BCUT2D eigenvalue weighted by molar-refractivity contribution is 0.0684. The number of ether oxygens (including phenoxy) is 1. The van der Waals surface area contributed by atoms with Crippen LogP contribution in [-0.4, -0.2) is 11.7 Å². The Morgan fingerprint density at radius 3 is 2.25 bits per heavy atom. The van der Waals surface area contributed by atoms with Crippen LogP contribution in [0.1, 0.15) is 25.5 Å². The molecule has 0 radical (unpaired) electrons. The minimum atomic E-state index is -0.474. The van der Waals surface area contributed by atoms with E-state index >= 15 is 0 Å². The van der Waals surface area contributed by atoms with E-state index in [4.69, 9.17) is 4.74 Å². The molecule has 1 heterocycles. The summed E-state index contributed by atoms with van der Waals surface area (Å²) in [5.74, 6) is 0. The zero-order valence-corrected chi connectivity index (χ0v) is 9.69. The topological polar surface area (TPSA) is 38.3 Å². The fourth-order valence-corrected chi connectivity index (χ4v) is 1.75. The first-order valence-electron chi connectivity index (χ1n) is 5.14. The van der Waals surface area contributed by atoms with Crippen LogP contribution in [0.25, 0.3) is 0 Å². The highest BCUT2D eigenvalue weighted by molar-refractivity contribution is 5.71. The van der Waals surface area contributed by atoms with Crippen molar-refractivity contribution in [3.8, 4) is 0 Å². The van der Waals surface area contributed by atoms with Gasteiger partial charge >= 0.3 is 6.09 Å². The van der Waals surface area contributed by atoms with Crippen LogP contribution in [0.2, 0.25) is 0 Å². The van der Waals surface area contributed by atoms with Gasteiger partial charge in [0.1, 0.15) is 5.60 Å². The molecule has 16 heavy (non-hydrogen) atoms. The first kappa shape index (κ1) is 12.3. The van der Waals surface area contributed by atoms with Gasteiger partial charge in [0, 0.05) is 0 Å². The molecule has 1 saturated heterocycles. The van der Waals surface area contributed by atoms with Crippen LogP contribution in [0.15, 0.2) is 43.5 Å². The van der Waals surface area contributed by atoms with E-state index in [0.29, 0.717) is 0 Å². The molecule has 1 aliphatic heterocycles. The summed E-state index contributed by atoms with van der Waals surface area (Å²) in [4.78, 5) is 11.1. The molecule has 0 saturated carbocycles. The van der Waals surface area contributed by atoms with Gasteiger partial charge in [-0.3, -0.25) is 0 Å². The van der Waals surface area contributed by atoms with Gasteiger partial charge in [0.2, 0.25) is 0 Å². The zero-order chi connectivity index (χ0) is 12.2. The summed E-state index contributed by atoms with van der Waals surface area (Å²) in [6, 6.07) is 9.78. The summed E-state index contributed by atoms with van der Waals surface area (Å²) in [7, 11) is 0. The number of alkyl carbamates (subject to hydrolysis) is 1. The Labute approximate surface area is 96.1 Å². The number of hydrogen-bond acceptors (Lipinski definition) is 2. The summed E-state index contributed by atoms with van der Waals surface area (Å²) < 4.78 is 5.17. The third-order valence-corrected chi connectivity index (χ3v) is 2.45. The molecule has 1 aromatic carbocycles. The van der Waals surface area contributed by atoms with Crippen LogP contribution >= 0.6 is 0 Å². The van der Waals surface area contributed by atoms with E-state index in [0.717, 1.165) is 5.56 Å². The van der Waals surface area contributed by atoms with Crippen molar-refractivity contribution in [2.45, 2.75) is 25.5 Å². The van der Waals surface area contributed by atoms with Crippen molar-refractivity contribution in [2.24, 2.45) is 0 Å². The maximum absolute atomic E-state index is 11.1. The summed E-state index contributed by atoms with van der Waals surface area (Å²) in [5.41, 5.74) is 0.599. The first-order chi connectivity index (χ1) is 7.59. The number of amides is 1. The van der Waals surface area contributed by atoms with E-state index in [9.17, 15) is 4.79 Å². The molecular formula is C13H17NO2. The quantitative estimate of drug-likeness (QED) is 0.737. The second kappa shape index (κ2) is 4.84. The molecule has 0 aromatic heterocycles. The van der Waals surface area contributed by atoms with Crippen LogP contribution in [-0.2, 0) is 4.74 Å². The maximum atomic E-state index is 11.1. The smallest absolute Gasteiger partial charge is 0.408 e. The maximum Gasteiger partial charge on any atom is 0.408 e. The minimum Gasteiger partial charge on any atom is -0.441 e. The lowest BCUT2D eigenvalue weighted by Crippen LogP contribution is -2.29. The second-order valence-corrected chi connectivity index (χ2v) is 3.98. The molecule has 0 unspecified atom stereocenters. The predicted molar refractivity (Wildman–Crippen MR) is 64.1 cm³/mol. The molecule has 0 bridgehead atoms. The average molecular weight is 219 g/mol. The van der Waals surface area contributed by atoms with Crippen molar-refractivity contribution in [2.75, 3.05) is 0 Å². The van der Waals surface area contributed by atoms with Crippen LogP contribution < -0.4 is 5.32 Å². The van der Waals surface area contributed by atoms with E-state index < -0.39 is 5.60 Å². The summed E-state index contributed by atoms with van der Waals surface area (Å²) >= 11 is 0. The van der Waals surface area contributed by atoms with E-state index in [1.165, 1.54) is 0 Å². The lowest BCUT2D eigenvalue weighted by atomic mass is 9.93. The van der Waals surface area contributed by atoms with E-state index in [1.807, 2.05) is 44.2 Å². The molecule has 2 rings (SSSR count). The number of rotatable bonds is 1. The average Bonchev–Trinajstić information content (AvgIpc) is 2.56. The molecule has 1 atom stereocenters. The molecule has 0 aliphatic carbocycles. The van der Waals surface area contributed by atoms with Gasteiger partial charge < -0.3 is 10.1 Å². The number of nitrogens with one attached hydrogen (secondary N) is 1. The third kappa shape index (κ3) is 2.42. The predicted octanol–water partition coefficient (Wildman–Crippen LogP) is 3.05. The third-order valence-electron chi connectivity index (χ3n) is 2.45. The van der Waals surface area contributed by atoms with Crippen LogP contribution in [0.3, 0.4) is 0 Å². The highest BCUT2D eigenvalue weighted by Crippen LogP contribution is 2.33. The van der Waals surface area contributed by atoms with Gasteiger partial charge in [-0.15, -0.1) is 13.2 Å². The van der Waals surface area contributed by atoms with Crippen LogP contribution in [0.5, 0.6) is 0 Å². The Morgan fingerprint density at radius 1 is 1.25 bits per heavy atom. The highest BCUT2D eigenvalue weighted by atomic mass is 16.6. The Kier molecular flexibility index (Phi) is 3.72. The molecule has 3 nitrogen and oxygen atoms in total. The number of cyclic esters (lactones) is 1. The normalized spacial score (nSPS) is 21.4. The molecule has 0 spiro atoms. The molecule has 1 N–H and O–H groups in total. The Bertz CT molecular complexity index is 359. The Morgan fingerprint density at radius 2 is 1.81 bits per heavy atom. The Balaban J connectivity index is 0.000000606. The summed E-state index contributed by atoms with van der Waals surface area (Å²) in [5, 5.41) is 2.80. The fraction of sp³-hybridized carbons (Fsp3) is 0.308. The second-order valence-electron chi connectivity index (χ2n) is 3.98. The standard InChI is InChI=1S/C11H13NO2.C2H4/c1-11(2)9(12-10(13)14-11)8-6-4-3-5-7-8;1-2/h3-7,9H,1-2H3,(H,12,13);1-2H2/t9-;/m0./s1. The first-order valence-corrected chi connectivity index (χ1v) is 5.14. The molecule has 86 valence electrons. The highest BCUT2D eigenvalue weighted by Gasteiger charge is 2.41. The number of carbonyl (C=O) groups excluding carboxylic acids is 1. The minimum absolute atomic E-state index is 0.0591. The SMILES string of the molecule is C=C.CC1(C)OC(=O)N[C@H]1c1ccccc1.